The first-order valence-electron chi connectivity index (χ1n) is 9.93. The number of amides is 1. The molecule has 5 nitrogen and oxygen atoms in total. The van der Waals surface area contributed by atoms with Crippen molar-refractivity contribution in [1.82, 2.24) is 10.2 Å². The molecule has 1 aromatic heterocycles. The van der Waals surface area contributed by atoms with Gasteiger partial charge in [-0.25, -0.2) is 0 Å². The van der Waals surface area contributed by atoms with Crippen molar-refractivity contribution < 1.29 is 13.9 Å². The molecular weight excluding hydrogens is 388 g/mol. The Bertz CT molecular complexity index is 1020. The molecule has 1 fully saturated rings. The number of hydrogen-bond acceptors (Lipinski definition) is 4. The van der Waals surface area contributed by atoms with Crippen molar-refractivity contribution in [2.24, 2.45) is 0 Å². The van der Waals surface area contributed by atoms with Gasteiger partial charge >= 0.3 is 0 Å². The van der Waals surface area contributed by atoms with Crippen LogP contribution in [-0.2, 0) is 0 Å². The number of carbonyl (C=O) groups is 1. The van der Waals surface area contributed by atoms with Crippen molar-refractivity contribution in [2.75, 3.05) is 26.7 Å². The second-order valence-electron chi connectivity index (χ2n) is 7.38. The average Bonchev–Trinajstić information content (AvgIpc) is 3.38. The van der Waals surface area contributed by atoms with Crippen LogP contribution in [0.4, 0.5) is 0 Å². The predicted octanol–water partition coefficient (Wildman–Crippen LogP) is 4.97. The summed E-state index contributed by atoms with van der Waals surface area (Å²) in [6, 6.07) is 13.6. The predicted molar refractivity (Wildman–Crippen MR) is 115 cm³/mol. The topological polar surface area (TPSA) is 54.7 Å². The third kappa shape index (κ3) is 3.85. The van der Waals surface area contributed by atoms with Gasteiger partial charge in [-0.1, -0.05) is 41.9 Å². The Kier molecular flexibility index (Phi) is 5.79. The van der Waals surface area contributed by atoms with Gasteiger partial charge < -0.3 is 14.5 Å². The van der Waals surface area contributed by atoms with Crippen LogP contribution in [0.5, 0.6) is 5.75 Å². The largest absolute Gasteiger partial charge is 0.496 e. The van der Waals surface area contributed by atoms with E-state index in [-0.39, 0.29) is 11.9 Å². The Morgan fingerprint density at radius 3 is 2.69 bits per heavy atom. The van der Waals surface area contributed by atoms with Gasteiger partial charge in [0.05, 0.1) is 18.2 Å². The molecule has 1 aliphatic heterocycles. The highest BCUT2D eigenvalue weighted by Gasteiger charge is 2.27. The highest BCUT2D eigenvalue weighted by molar-refractivity contribution is 6.35. The van der Waals surface area contributed by atoms with E-state index < -0.39 is 0 Å². The average molecular weight is 413 g/mol. The lowest BCUT2D eigenvalue weighted by Crippen LogP contribution is -2.37. The smallest absolute Gasteiger partial charge is 0.287 e. The molecule has 152 valence electrons. The maximum Gasteiger partial charge on any atom is 0.287 e. The van der Waals surface area contributed by atoms with E-state index in [1.807, 2.05) is 37.3 Å². The SMILES string of the molecule is COc1ccccc1[C@@H](CNC(=O)c1oc2c(Cl)cccc2c1C)N1CCCC1. The summed E-state index contributed by atoms with van der Waals surface area (Å²) in [6.45, 7) is 4.38. The molecule has 1 atom stereocenters. The number of halogens is 1. The molecule has 0 bridgehead atoms. The van der Waals surface area contributed by atoms with Crippen LogP contribution in [0.3, 0.4) is 0 Å². The molecule has 1 saturated heterocycles. The molecule has 0 aliphatic carbocycles. The number of fused-ring (bicyclic) bond motifs is 1. The van der Waals surface area contributed by atoms with Gasteiger partial charge in [0.1, 0.15) is 5.75 Å². The number of nitrogens with zero attached hydrogens (tertiary/aromatic N) is 1. The first-order chi connectivity index (χ1) is 14.1. The Morgan fingerprint density at radius 1 is 1.21 bits per heavy atom. The summed E-state index contributed by atoms with van der Waals surface area (Å²) >= 11 is 6.23. The second-order valence-corrected chi connectivity index (χ2v) is 7.79. The fraction of sp³-hybridized carbons (Fsp3) is 0.348. The van der Waals surface area contributed by atoms with E-state index in [0.717, 1.165) is 35.4 Å². The lowest BCUT2D eigenvalue weighted by molar-refractivity contribution is 0.0911. The van der Waals surface area contributed by atoms with Gasteiger partial charge in [0.25, 0.3) is 5.91 Å². The molecule has 3 aromatic rings. The van der Waals surface area contributed by atoms with Crippen molar-refractivity contribution in [2.45, 2.75) is 25.8 Å². The number of aryl methyl sites for hydroxylation is 1. The van der Waals surface area contributed by atoms with E-state index in [4.69, 9.17) is 20.8 Å². The summed E-state index contributed by atoms with van der Waals surface area (Å²) in [7, 11) is 1.68. The standard InChI is InChI=1S/C23H25ClN2O3/c1-15-16-9-7-10-18(24)22(16)29-21(15)23(27)25-14-19(26-12-5-6-13-26)17-8-3-4-11-20(17)28-2/h3-4,7-11,19H,5-6,12-14H2,1-2H3,(H,25,27)/t19-/m1/s1. The summed E-state index contributed by atoms with van der Waals surface area (Å²) in [5.41, 5.74) is 2.44. The van der Waals surface area contributed by atoms with E-state index in [1.54, 1.807) is 13.2 Å². The molecular formula is C23H25ClN2O3. The van der Waals surface area contributed by atoms with Gasteiger partial charge in [0.15, 0.2) is 11.3 Å². The maximum absolute atomic E-state index is 13.0. The molecule has 1 amide bonds. The fourth-order valence-corrected chi connectivity index (χ4v) is 4.34. The number of hydrogen-bond donors (Lipinski definition) is 1. The van der Waals surface area contributed by atoms with Gasteiger partial charge in [0.2, 0.25) is 0 Å². The molecule has 0 spiro atoms. The summed E-state index contributed by atoms with van der Waals surface area (Å²) < 4.78 is 11.4. The first-order valence-corrected chi connectivity index (χ1v) is 10.3. The van der Waals surface area contributed by atoms with Crippen molar-refractivity contribution in [3.8, 4) is 5.75 Å². The second kappa shape index (κ2) is 8.47. The first kappa shape index (κ1) is 19.8. The van der Waals surface area contributed by atoms with Crippen LogP contribution in [0.2, 0.25) is 5.02 Å². The fourth-order valence-electron chi connectivity index (χ4n) is 4.13. The molecule has 1 aliphatic rings. The van der Waals surface area contributed by atoms with Crippen molar-refractivity contribution >= 4 is 28.5 Å². The van der Waals surface area contributed by atoms with Gasteiger partial charge in [-0.15, -0.1) is 0 Å². The van der Waals surface area contributed by atoms with E-state index in [0.29, 0.717) is 22.9 Å². The van der Waals surface area contributed by atoms with Gasteiger partial charge in [-0.2, -0.15) is 0 Å². The van der Waals surface area contributed by atoms with Crippen molar-refractivity contribution in [3.05, 3.63) is 64.4 Å². The van der Waals surface area contributed by atoms with Gasteiger partial charge in [-0.05, 0) is 45.0 Å². The van der Waals surface area contributed by atoms with Crippen molar-refractivity contribution in [1.29, 1.82) is 0 Å². The normalized spacial score (nSPS) is 15.6. The van der Waals surface area contributed by atoms with Crippen LogP contribution >= 0.6 is 11.6 Å². The summed E-state index contributed by atoms with van der Waals surface area (Å²) in [6.07, 6.45) is 2.33. The van der Waals surface area contributed by atoms with Crippen LogP contribution in [0.1, 0.15) is 40.6 Å². The number of methoxy groups -OCH3 is 1. The summed E-state index contributed by atoms with van der Waals surface area (Å²) in [4.78, 5) is 15.4. The summed E-state index contributed by atoms with van der Waals surface area (Å²) in [5.74, 6) is 0.924. The third-order valence-corrected chi connectivity index (χ3v) is 5.95. The maximum atomic E-state index is 13.0. The van der Waals surface area contributed by atoms with Crippen LogP contribution < -0.4 is 10.1 Å². The molecule has 2 heterocycles. The monoisotopic (exact) mass is 412 g/mol. The Labute approximate surface area is 175 Å². The molecule has 29 heavy (non-hydrogen) atoms. The molecule has 2 aromatic carbocycles. The number of carbonyl (C=O) groups excluding carboxylic acids is 1. The molecule has 0 saturated carbocycles. The zero-order valence-electron chi connectivity index (χ0n) is 16.7. The van der Waals surface area contributed by atoms with E-state index in [9.17, 15) is 4.79 Å². The molecule has 0 radical (unpaired) electrons. The highest BCUT2D eigenvalue weighted by atomic mass is 35.5. The number of ether oxygens (including phenoxy) is 1. The van der Waals surface area contributed by atoms with Crippen LogP contribution in [0.25, 0.3) is 11.0 Å². The number of likely N-dealkylation sites (tertiary alicyclic amines) is 1. The lowest BCUT2D eigenvalue weighted by atomic mass is 10.0. The minimum absolute atomic E-state index is 0.0471. The van der Waals surface area contributed by atoms with Crippen LogP contribution in [0, 0.1) is 6.92 Å². The Hall–Kier alpha value is -2.50. The Balaban J connectivity index is 1.58. The van der Waals surface area contributed by atoms with Crippen LogP contribution in [-0.4, -0.2) is 37.6 Å². The number of furan rings is 1. The lowest BCUT2D eigenvalue weighted by Gasteiger charge is -2.29. The zero-order valence-corrected chi connectivity index (χ0v) is 17.5. The van der Waals surface area contributed by atoms with E-state index >= 15 is 0 Å². The Morgan fingerprint density at radius 2 is 1.97 bits per heavy atom. The number of para-hydroxylation sites is 2. The van der Waals surface area contributed by atoms with Gasteiger partial charge in [-0.3, -0.25) is 9.69 Å². The number of benzene rings is 2. The van der Waals surface area contributed by atoms with Crippen LogP contribution in [0.15, 0.2) is 46.9 Å². The molecule has 6 heteroatoms. The van der Waals surface area contributed by atoms with Gasteiger partial charge in [0, 0.05) is 23.1 Å². The minimum atomic E-state index is -0.228. The molecule has 0 unspecified atom stereocenters. The molecule has 1 N–H and O–H groups in total. The summed E-state index contributed by atoms with van der Waals surface area (Å²) in [5, 5.41) is 4.45. The van der Waals surface area contributed by atoms with E-state index in [2.05, 4.69) is 16.3 Å². The van der Waals surface area contributed by atoms with Crippen molar-refractivity contribution in [3.63, 3.8) is 0 Å². The minimum Gasteiger partial charge on any atom is -0.496 e. The van der Waals surface area contributed by atoms with E-state index in [1.165, 1.54) is 12.8 Å². The highest BCUT2D eigenvalue weighted by Crippen LogP contribution is 2.33. The zero-order chi connectivity index (χ0) is 20.4. The third-order valence-electron chi connectivity index (χ3n) is 5.66. The molecule has 4 rings (SSSR count). The number of nitrogens with one attached hydrogen (secondary N) is 1. The number of rotatable bonds is 6. The quantitative estimate of drug-likeness (QED) is 0.621.